The van der Waals surface area contributed by atoms with Crippen LogP contribution in [0, 0.1) is 0 Å². The molecule has 4 aromatic rings. The second kappa shape index (κ2) is 7.05. The van der Waals surface area contributed by atoms with E-state index in [1.54, 1.807) is 29.1 Å². The molecule has 2 amide bonds. The molecule has 142 valence electrons. The number of fused-ring (bicyclic) bond motifs is 2. The van der Waals surface area contributed by atoms with E-state index in [1.165, 1.54) is 11.3 Å². The van der Waals surface area contributed by atoms with Gasteiger partial charge in [0.25, 0.3) is 11.8 Å². The van der Waals surface area contributed by atoms with Gasteiger partial charge in [-0.1, -0.05) is 26.0 Å². The molecular formula is C20H19N5O2S. The molecule has 0 unspecified atom stereocenters. The molecule has 0 bridgehead atoms. The number of hydrazine groups is 1. The second-order valence-electron chi connectivity index (χ2n) is 6.78. The Hall–Kier alpha value is -3.26. The van der Waals surface area contributed by atoms with Crippen LogP contribution in [-0.4, -0.2) is 26.6 Å². The van der Waals surface area contributed by atoms with Crippen molar-refractivity contribution in [2.45, 2.75) is 19.8 Å². The molecule has 1 aromatic carbocycles. The third-order valence-corrected chi connectivity index (χ3v) is 5.69. The molecule has 0 radical (unpaired) electrons. The number of rotatable bonds is 3. The van der Waals surface area contributed by atoms with Crippen LogP contribution < -0.4 is 10.9 Å². The maximum atomic E-state index is 12.5. The number of amides is 2. The van der Waals surface area contributed by atoms with E-state index in [2.05, 4.69) is 34.8 Å². The van der Waals surface area contributed by atoms with Gasteiger partial charge in [-0.15, -0.1) is 11.3 Å². The van der Waals surface area contributed by atoms with Crippen molar-refractivity contribution >= 4 is 44.3 Å². The summed E-state index contributed by atoms with van der Waals surface area (Å²) in [7, 11) is 1.86. The van der Waals surface area contributed by atoms with E-state index in [-0.39, 0.29) is 11.8 Å². The third-order valence-electron chi connectivity index (χ3n) is 4.49. The van der Waals surface area contributed by atoms with Gasteiger partial charge in [0.15, 0.2) is 0 Å². The first kappa shape index (κ1) is 18.1. The van der Waals surface area contributed by atoms with Gasteiger partial charge in [-0.2, -0.15) is 5.10 Å². The van der Waals surface area contributed by atoms with Crippen LogP contribution in [0.15, 0.2) is 42.6 Å². The summed E-state index contributed by atoms with van der Waals surface area (Å²) in [6.07, 6.45) is 1.67. The molecule has 7 nitrogen and oxygen atoms in total. The second-order valence-corrected chi connectivity index (χ2v) is 7.81. The molecule has 0 fully saturated rings. The number of thiophene rings is 1. The van der Waals surface area contributed by atoms with E-state index in [1.807, 2.05) is 25.2 Å². The smallest absolute Gasteiger partial charge is 0.267 e. The van der Waals surface area contributed by atoms with Crippen LogP contribution >= 0.6 is 11.3 Å². The minimum absolute atomic E-state index is 0.258. The van der Waals surface area contributed by atoms with Crippen LogP contribution in [0.2, 0.25) is 0 Å². The van der Waals surface area contributed by atoms with Gasteiger partial charge < -0.3 is 0 Å². The number of hydrogen-bond acceptors (Lipinski definition) is 5. The largest absolute Gasteiger partial charge is 0.279 e. The quantitative estimate of drug-likeness (QED) is 0.522. The monoisotopic (exact) mass is 393 g/mol. The average molecular weight is 393 g/mol. The fourth-order valence-electron chi connectivity index (χ4n) is 3.15. The summed E-state index contributed by atoms with van der Waals surface area (Å²) in [4.78, 5) is 30.8. The molecule has 0 aliphatic carbocycles. The topological polar surface area (TPSA) is 88.9 Å². The number of pyridine rings is 1. The Morgan fingerprint density at radius 1 is 1.07 bits per heavy atom. The lowest BCUT2D eigenvalue weighted by Crippen LogP contribution is -2.41. The fraction of sp³-hybridized carbons (Fsp3) is 0.200. The lowest BCUT2D eigenvalue weighted by Gasteiger charge is -2.08. The van der Waals surface area contributed by atoms with Crippen molar-refractivity contribution in [3.63, 3.8) is 0 Å². The molecule has 3 aromatic heterocycles. The van der Waals surface area contributed by atoms with Crippen LogP contribution in [0.4, 0.5) is 0 Å². The summed E-state index contributed by atoms with van der Waals surface area (Å²) in [5, 5.41) is 6.21. The summed E-state index contributed by atoms with van der Waals surface area (Å²) in [6.45, 7) is 4.14. The molecule has 0 saturated carbocycles. The minimum Gasteiger partial charge on any atom is -0.267 e. The SMILES string of the molecule is CC(C)c1nn(C)c2sc(C(=O)NNC(=O)c3cccc4ncccc34)cc12. The van der Waals surface area contributed by atoms with E-state index in [9.17, 15) is 9.59 Å². The van der Waals surface area contributed by atoms with Gasteiger partial charge in [0.05, 0.1) is 21.7 Å². The Morgan fingerprint density at radius 3 is 2.64 bits per heavy atom. The number of carbonyl (C=O) groups is 2. The lowest BCUT2D eigenvalue weighted by molar-refractivity contribution is 0.0850. The van der Waals surface area contributed by atoms with Crippen LogP contribution in [-0.2, 0) is 7.05 Å². The Kier molecular flexibility index (Phi) is 4.56. The van der Waals surface area contributed by atoms with Gasteiger partial charge in [0, 0.05) is 24.0 Å². The van der Waals surface area contributed by atoms with E-state index in [0.29, 0.717) is 10.4 Å². The van der Waals surface area contributed by atoms with E-state index in [4.69, 9.17) is 0 Å². The van der Waals surface area contributed by atoms with Crippen LogP contribution in [0.5, 0.6) is 0 Å². The molecule has 8 heteroatoms. The van der Waals surface area contributed by atoms with E-state index < -0.39 is 5.91 Å². The third kappa shape index (κ3) is 3.11. The number of carbonyl (C=O) groups excluding carboxylic acids is 2. The zero-order valence-corrected chi connectivity index (χ0v) is 16.5. The summed E-state index contributed by atoms with van der Waals surface area (Å²) < 4.78 is 1.79. The first-order chi connectivity index (χ1) is 13.5. The predicted octanol–water partition coefficient (Wildman–Crippen LogP) is 3.38. The number of aryl methyl sites for hydroxylation is 1. The number of benzene rings is 1. The lowest BCUT2D eigenvalue weighted by atomic mass is 10.1. The first-order valence-corrected chi connectivity index (χ1v) is 9.68. The normalized spacial score (nSPS) is 11.3. The Bertz CT molecular complexity index is 1200. The molecule has 0 atom stereocenters. The molecule has 2 N–H and O–H groups in total. The van der Waals surface area contributed by atoms with Gasteiger partial charge in [-0.3, -0.25) is 30.1 Å². The highest BCUT2D eigenvalue weighted by atomic mass is 32.1. The van der Waals surface area contributed by atoms with Gasteiger partial charge in [0.2, 0.25) is 0 Å². The highest BCUT2D eigenvalue weighted by Crippen LogP contribution is 2.31. The molecule has 0 aliphatic heterocycles. The maximum Gasteiger partial charge on any atom is 0.279 e. The molecule has 0 spiro atoms. The fourth-order valence-corrected chi connectivity index (χ4v) is 4.12. The molecular weight excluding hydrogens is 374 g/mol. The highest BCUT2D eigenvalue weighted by Gasteiger charge is 2.19. The number of nitrogens with one attached hydrogen (secondary N) is 2. The Balaban J connectivity index is 1.53. The first-order valence-electron chi connectivity index (χ1n) is 8.86. The summed E-state index contributed by atoms with van der Waals surface area (Å²) >= 11 is 1.35. The van der Waals surface area contributed by atoms with Gasteiger partial charge in [0.1, 0.15) is 4.83 Å². The van der Waals surface area contributed by atoms with Crippen molar-refractivity contribution in [1.82, 2.24) is 25.6 Å². The number of hydrogen-bond donors (Lipinski definition) is 2. The summed E-state index contributed by atoms with van der Waals surface area (Å²) in [5.41, 5.74) is 7.13. The van der Waals surface area contributed by atoms with E-state index >= 15 is 0 Å². The number of aromatic nitrogens is 3. The molecule has 28 heavy (non-hydrogen) atoms. The van der Waals surface area contributed by atoms with Crippen LogP contribution in [0.1, 0.15) is 45.5 Å². The Morgan fingerprint density at radius 2 is 1.86 bits per heavy atom. The summed E-state index contributed by atoms with van der Waals surface area (Å²) in [5.74, 6) is -0.492. The molecule has 0 aliphatic rings. The highest BCUT2D eigenvalue weighted by molar-refractivity contribution is 7.20. The van der Waals surface area contributed by atoms with Crippen molar-refractivity contribution < 1.29 is 9.59 Å². The predicted molar refractivity (Wildman–Crippen MR) is 109 cm³/mol. The standard InChI is InChI=1S/C20H19N5O2S/c1-11(2)17-14-10-16(28-20(14)25(3)24-17)19(27)23-22-18(26)13-6-4-8-15-12(13)7-5-9-21-15/h4-11H,1-3H3,(H,22,26)(H,23,27). The van der Waals surface area contributed by atoms with Crippen molar-refractivity contribution in [1.29, 1.82) is 0 Å². The van der Waals surface area contributed by atoms with Crippen molar-refractivity contribution in [2.75, 3.05) is 0 Å². The molecule has 0 saturated heterocycles. The Labute approximate surface area is 165 Å². The van der Waals surface area contributed by atoms with Crippen molar-refractivity contribution in [3.8, 4) is 0 Å². The summed E-state index contributed by atoms with van der Waals surface area (Å²) in [6, 6.07) is 10.7. The molecule has 3 heterocycles. The molecule has 4 rings (SSSR count). The maximum absolute atomic E-state index is 12.5. The zero-order valence-electron chi connectivity index (χ0n) is 15.7. The van der Waals surface area contributed by atoms with Crippen LogP contribution in [0.3, 0.4) is 0 Å². The minimum atomic E-state index is -0.391. The zero-order chi connectivity index (χ0) is 19.8. The van der Waals surface area contributed by atoms with E-state index in [0.717, 1.165) is 26.8 Å². The average Bonchev–Trinajstić information content (AvgIpc) is 3.26. The van der Waals surface area contributed by atoms with Gasteiger partial charge >= 0.3 is 0 Å². The van der Waals surface area contributed by atoms with Gasteiger partial charge in [-0.25, -0.2) is 0 Å². The van der Waals surface area contributed by atoms with Gasteiger partial charge in [-0.05, 0) is 30.2 Å². The van der Waals surface area contributed by atoms with Crippen molar-refractivity contribution in [2.24, 2.45) is 7.05 Å². The van der Waals surface area contributed by atoms with Crippen LogP contribution in [0.25, 0.3) is 21.1 Å². The number of nitrogens with zero attached hydrogens (tertiary/aromatic N) is 3. The van der Waals surface area contributed by atoms with Crippen molar-refractivity contribution in [3.05, 3.63) is 58.7 Å².